The Bertz CT molecular complexity index is 1310. The van der Waals surface area contributed by atoms with Crippen LogP contribution in [-0.4, -0.2) is 45.5 Å². The molecule has 172 valence electrons. The van der Waals surface area contributed by atoms with E-state index in [9.17, 15) is 14.9 Å². The lowest BCUT2D eigenvalue weighted by Gasteiger charge is -2.17. The van der Waals surface area contributed by atoms with E-state index in [0.29, 0.717) is 22.4 Å². The number of amides is 1. The van der Waals surface area contributed by atoms with Crippen molar-refractivity contribution in [2.24, 2.45) is 0 Å². The second kappa shape index (κ2) is 10.2. The molecule has 0 spiro atoms. The van der Waals surface area contributed by atoms with E-state index in [2.05, 4.69) is 10.2 Å². The fraction of sp³-hybridized carbons (Fsp3) is 0.125. The molecule has 1 aromatic heterocycles. The predicted molar refractivity (Wildman–Crippen MR) is 131 cm³/mol. The van der Waals surface area contributed by atoms with Gasteiger partial charge in [-0.2, -0.15) is 0 Å². The van der Waals surface area contributed by atoms with Gasteiger partial charge in [0.05, 0.1) is 17.8 Å². The molecule has 0 unspecified atom stereocenters. The molecular weight excluding hydrogens is 454 g/mol. The highest BCUT2D eigenvalue weighted by Gasteiger charge is 2.19. The fourth-order valence-electron chi connectivity index (χ4n) is 3.29. The second-order valence-corrected chi connectivity index (χ2v) is 8.17. The summed E-state index contributed by atoms with van der Waals surface area (Å²) in [5.41, 5.74) is 2.23. The van der Waals surface area contributed by atoms with E-state index in [1.807, 2.05) is 59.2 Å². The first kappa shape index (κ1) is 23.0. The van der Waals surface area contributed by atoms with Crippen LogP contribution < -0.4 is 9.64 Å². The van der Waals surface area contributed by atoms with Gasteiger partial charge in [-0.25, -0.2) is 0 Å². The molecule has 0 saturated carbocycles. The number of rotatable bonds is 8. The molecule has 0 aliphatic carbocycles. The van der Waals surface area contributed by atoms with Crippen LogP contribution in [0.5, 0.6) is 5.75 Å². The van der Waals surface area contributed by atoms with E-state index in [-0.39, 0.29) is 17.3 Å². The van der Waals surface area contributed by atoms with Crippen molar-refractivity contribution >= 4 is 29.0 Å². The quantitative estimate of drug-likeness (QED) is 0.208. The lowest BCUT2D eigenvalue weighted by Crippen LogP contribution is -2.28. The van der Waals surface area contributed by atoms with E-state index in [0.717, 1.165) is 11.3 Å². The number of anilines is 1. The SMILES string of the molecule is COc1cccc(-c2nnc(SCC(=O)N(C)c3ccc([N+](=O)[O-])cc3)n2-c2ccccc2)c1. The Balaban J connectivity index is 1.58. The normalized spacial score (nSPS) is 10.6. The van der Waals surface area contributed by atoms with Crippen molar-refractivity contribution in [3.05, 3.63) is 89.0 Å². The van der Waals surface area contributed by atoms with E-state index in [4.69, 9.17) is 4.74 Å². The van der Waals surface area contributed by atoms with Gasteiger partial charge < -0.3 is 9.64 Å². The van der Waals surface area contributed by atoms with Crippen LogP contribution in [0.25, 0.3) is 17.1 Å². The smallest absolute Gasteiger partial charge is 0.269 e. The Hall–Kier alpha value is -4.18. The zero-order valence-electron chi connectivity index (χ0n) is 18.5. The molecule has 0 atom stereocenters. The zero-order valence-corrected chi connectivity index (χ0v) is 19.3. The second-order valence-electron chi connectivity index (χ2n) is 7.22. The maximum atomic E-state index is 12.8. The van der Waals surface area contributed by atoms with Gasteiger partial charge in [0.1, 0.15) is 5.75 Å². The molecule has 34 heavy (non-hydrogen) atoms. The predicted octanol–water partition coefficient (Wildman–Crippen LogP) is 4.61. The number of aromatic nitrogens is 3. The highest BCUT2D eigenvalue weighted by Crippen LogP contribution is 2.30. The number of hydrogen-bond acceptors (Lipinski definition) is 7. The zero-order chi connectivity index (χ0) is 24.1. The molecule has 9 nitrogen and oxygen atoms in total. The van der Waals surface area contributed by atoms with Crippen LogP contribution in [-0.2, 0) is 4.79 Å². The molecule has 0 fully saturated rings. The Morgan fingerprint density at radius 2 is 1.79 bits per heavy atom. The number of non-ortho nitro benzene ring substituents is 1. The van der Waals surface area contributed by atoms with Gasteiger partial charge in [-0.15, -0.1) is 10.2 Å². The monoisotopic (exact) mass is 475 g/mol. The first-order valence-electron chi connectivity index (χ1n) is 10.3. The first-order chi connectivity index (χ1) is 16.5. The molecule has 0 radical (unpaired) electrons. The third-order valence-electron chi connectivity index (χ3n) is 5.12. The topological polar surface area (TPSA) is 103 Å². The van der Waals surface area contributed by atoms with Gasteiger partial charge in [-0.1, -0.05) is 42.1 Å². The Morgan fingerprint density at radius 3 is 2.47 bits per heavy atom. The molecule has 0 saturated heterocycles. The van der Waals surface area contributed by atoms with E-state index >= 15 is 0 Å². The summed E-state index contributed by atoms with van der Waals surface area (Å²) in [6.07, 6.45) is 0. The Labute approximate surface area is 200 Å². The first-order valence-corrected chi connectivity index (χ1v) is 11.3. The molecule has 1 heterocycles. The van der Waals surface area contributed by atoms with Crippen LogP contribution in [0.4, 0.5) is 11.4 Å². The summed E-state index contributed by atoms with van der Waals surface area (Å²) in [7, 11) is 3.24. The number of benzene rings is 3. The average molecular weight is 476 g/mol. The number of carbonyl (C=O) groups is 1. The number of nitro groups is 1. The average Bonchev–Trinajstić information content (AvgIpc) is 3.31. The number of hydrogen-bond donors (Lipinski definition) is 0. The van der Waals surface area contributed by atoms with Gasteiger partial charge in [0.2, 0.25) is 5.91 Å². The third kappa shape index (κ3) is 4.91. The van der Waals surface area contributed by atoms with Crippen LogP contribution >= 0.6 is 11.8 Å². The minimum absolute atomic E-state index is 0.0278. The molecule has 0 bridgehead atoms. The number of methoxy groups -OCH3 is 1. The van der Waals surface area contributed by atoms with E-state index < -0.39 is 4.92 Å². The van der Waals surface area contributed by atoms with Gasteiger partial charge >= 0.3 is 0 Å². The van der Waals surface area contributed by atoms with Crippen molar-refractivity contribution in [2.75, 3.05) is 24.8 Å². The van der Waals surface area contributed by atoms with Crippen molar-refractivity contribution in [2.45, 2.75) is 5.16 Å². The summed E-state index contributed by atoms with van der Waals surface area (Å²) in [4.78, 5) is 24.7. The Morgan fingerprint density at radius 1 is 1.06 bits per heavy atom. The highest BCUT2D eigenvalue weighted by molar-refractivity contribution is 7.99. The molecule has 0 aliphatic heterocycles. The number of ether oxygens (including phenoxy) is 1. The summed E-state index contributed by atoms with van der Waals surface area (Å²) in [5, 5.41) is 20.2. The number of thioether (sulfide) groups is 1. The van der Waals surface area contributed by atoms with Gasteiger partial charge in [0, 0.05) is 36.1 Å². The maximum Gasteiger partial charge on any atom is 0.269 e. The lowest BCUT2D eigenvalue weighted by molar-refractivity contribution is -0.384. The molecule has 3 aromatic carbocycles. The molecule has 4 aromatic rings. The number of para-hydroxylation sites is 1. The van der Waals surface area contributed by atoms with Crippen LogP contribution in [0.1, 0.15) is 0 Å². The number of carbonyl (C=O) groups excluding carboxylic acids is 1. The standard InChI is InChI=1S/C24H21N5O4S/c1-27(18-11-13-20(14-12-18)29(31)32)22(30)16-34-24-26-25-23(17-7-6-10-21(15-17)33-2)28(24)19-8-4-3-5-9-19/h3-15H,16H2,1-2H3. The largest absolute Gasteiger partial charge is 0.497 e. The van der Waals surface area contributed by atoms with Gasteiger partial charge in [-0.05, 0) is 36.4 Å². The van der Waals surface area contributed by atoms with Crippen molar-refractivity contribution in [1.82, 2.24) is 14.8 Å². The van der Waals surface area contributed by atoms with E-state index in [1.54, 1.807) is 26.3 Å². The lowest BCUT2D eigenvalue weighted by atomic mass is 10.2. The number of nitro benzene ring substituents is 1. The summed E-state index contributed by atoms with van der Waals surface area (Å²) < 4.78 is 7.25. The van der Waals surface area contributed by atoms with Crippen LogP contribution in [0.2, 0.25) is 0 Å². The maximum absolute atomic E-state index is 12.8. The van der Waals surface area contributed by atoms with Crippen molar-refractivity contribution in [3.8, 4) is 22.8 Å². The molecular formula is C24H21N5O4S. The van der Waals surface area contributed by atoms with Gasteiger partial charge in [0.25, 0.3) is 5.69 Å². The molecule has 10 heteroatoms. The highest BCUT2D eigenvalue weighted by atomic mass is 32.2. The Kier molecular flexibility index (Phi) is 6.88. The van der Waals surface area contributed by atoms with Crippen LogP contribution in [0, 0.1) is 10.1 Å². The summed E-state index contributed by atoms with van der Waals surface area (Å²) >= 11 is 1.27. The molecule has 0 aliphatic rings. The summed E-state index contributed by atoms with van der Waals surface area (Å²) in [5.74, 6) is 1.26. The van der Waals surface area contributed by atoms with E-state index in [1.165, 1.54) is 28.8 Å². The van der Waals surface area contributed by atoms with Gasteiger partial charge in [-0.3, -0.25) is 19.5 Å². The number of nitrogens with zero attached hydrogens (tertiary/aromatic N) is 5. The fourth-order valence-corrected chi connectivity index (χ4v) is 4.15. The van der Waals surface area contributed by atoms with Crippen LogP contribution in [0.3, 0.4) is 0 Å². The molecule has 4 rings (SSSR count). The van der Waals surface area contributed by atoms with Crippen molar-refractivity contribution in [1.29, 1.82) is 0 Å². The minimum Gasteiger partial charge on any atom is -0.497 e. The summed E-state index contributed by atoms with van der Waals surface area (Å²) in [6.45, 7) is 0. The van der Waals surface area contributed by atoms with Gasteiger partial charge in [0.15, 0.2) is 11.0 Å². The van der Waals surface area contributed by atoms with Crippen molar-refractivity contribution in [3.63, 3.8) is 0 Å². The minimum atomic E-state index is -0.474. The summed E-state index contributed by atoms with van der Waals surface area (Å²) in [6, 6.07) is 23.1. The molecule has 0 N–H and O–H groups in total. The third-order valence-corrected chi connectivity index (χ3v) is 6.04. The molecule has 1 amide bonds. The van der Waals surface area contributed by atoms with Crippen LogP contribution in [0.15, 0.2) is 84.0 Å². The van der Waals surface area contributed by atoms with Crippen molar-refractivity contribution < 1.29 is 14.5 Å².